The molecule has 0 atom stereocenters. The summed E-state index contributed by atoms with van der Waals surface area (Å²) >= 11 is 1.78. The van der Waals surface area contributed by atoms with Gasteiger partial charge in [0.15, 0.2) is 0 Å². The van der Waals surface area contributed by atoms with Gasteiger partial charge in [0.2, 0.25) is 0 Å². The Kier molecular flexibility index (Phi) is 5.88. The van der Waals surface area contributed by atoms with E-state index in [-0.39, 0.29) is 0 Å². The van der Waals surface area contributed by atoms with Crippen LogP contribution in [0.2, 0.25) is 0 Å². The van der Waals surface area contributed by atoms with Crippen LogP contribution in [0.25, 0.3) is 10.7 Å². The average molecular weight is 303 g/mol. The maximum absolute atomic E-state index is 4.86. The molecule has 0 spiro atoms. The van der Waals surface area contributed by atoms with E-state index in [4.69, 9.17) is 4.98 Å². The molecular weight excluding hydrogens is 278 g/mol. The molecule has 0 aromatic carbocycles. The monoisotopic (exact) mass is 303 g/mol. The van der Waals surface area contributed by atoms with Gasteiger partial charge in [-0.15, -0.1) is 11.3 Å². The summed E-state index contributed by atoms with van der Waals surface area (Å²) in [6.45, 7) is 10.7. The van der Waals surface area contributed by atoms with Crippen molar-refractivity contribution in [3.8, 4) is 10.7 Å². The van der Waals surface area contributed by atoms with E-state index in [1.165, 1.54) is 10.6 Å². The minimum atomic E-state index is 0.621. The molecule has 0 fully saturated rings. The fourth-order valence-electron chi connectivity index (χ4n) is 2.22. The van der Waals surface area contributed by atoms with E-state index >= 15 is 0 Å². The van der Waals surface area contributed by atoms with Crippen molar-refractivity contribution >= 4 is 11.3 Å². The van der Waals surface area contributed by atoms with Gasteiger partial charge < -0.3 is 5.32 Å². The molecular formula is C17H25N3S. The second-order valence-corrected chi connectivity index (χ2v) is 6.91. The van der Waals surface area contributed by atoms with Gasteiger partial charge in [0.1, 0.15) is 5.01 Å². The highest BCUT2D eigenvalue weighted by Crippen LogP contribution is 2.28. The topological polar surface area (TPSA) is 37.8 Å². The van der Waals surface area contributed by atoms with Crippen LogP contribution in [0, 0.1) is 12.8 Å². The molecule has 0 saturated heterocycles. The first-order valence-corrected chi connectivity index (χ1v) is 8.55. The van der Waals surface area contributed by atoms with Crippen molar-refractivity contribution in [3.05, 3.63) is 34.5 Å². The highest BCUT2D eigenvalue weighted by molar-refractivity contribution is 7.15. The van der Waals surface area contributed by atoms with E-state index in [1.54, 1.807) is 11.3 Å². The number of hydrogen-bond donors (Lipinski definition) is 1. The summed E-state index contributed by atoms with van der Waals surface area (Å²) in [6.07, 6.45) is 2.19. The van der Waals surface area contributed by atoms with E-state index in [0.717, 1.165) is 42.3 Å². The zero-order valence-electron chi connectivity index (χ0n) is 13.4. The smallest absolute Gasteiger partial charge is 0.142 e. The van der Waals surface area contributed by atoms with Crippen molar-refractivity contribution in [1.82, 2.24) is 15.3 Å². The first-order chi connectivity index (χ1) is 10.1. The third kappa shape index (κ3) is 4.61. The summed E-state index contributed by atoms with van der Waals surface area (Å²) in [6, 6.07) is 6.13. The Morgan fingerprint density at radius 3 is 2.71 bits per heavy atom. The number of aryl methyl sites for hydroxylation is 1. The summed E-state index contributed by atoms with van der Waals surface area (Å²) in [7, 11) is 0. The van der Waals surface area contributed by atoms with Crippen molar-refractivity contribution < 1.29 is 0 Å². The van der Waals surface area contributed by atoms with Crippen LogP contribution >= 0.6 is 11.3 Å². The van der Waals surface area contributed by atoms with Crippen molar-refractivity contribution in [2.45, 2.75) is 47.1 Å². The number of hydrogen-bond acceptors (Lipinski definition) is 4. The molecule has 0 amide bonds. The van der Waals surface area contributed by atoms with Gasteiger partial charge in [0.25, 0.3) is 0 Å². The minimum absolute atomic E-state index is 0.621. The van der Waals surface area contributed by atoms with Crippen molar-refractivity contribution in [1.29, 1.82) is 0 Å². The quantitative estimate of drug-likeness (QED) is 0.779. The molecule has 3 nitrogen and oxygen atoms in total. The number of nitrogens with one attached hydrogen (secondary N) is 1. The van der Waals surface area contributed by atoms with Gasteiger partial charge in [0.05, 0.1) is 11.4 Å². The summed E-state index contributed by atoms with van der Waals surface area (Å²) in [4.78, 5) is 10.8. The first kappa shape index (κ1) is 16.1. The predicted octanol–water partition coefficient (Wildman–Crippen LogP) is 4.21. The zero-order valence-corrected chi connectivity index (χ0v) is 14.3. The van der Waals surface area contributed by atoms with Crippen molar-refractivity contribution in [3.63, 3.8) is 0 Å². The van der Waals surface area contributed by atoms with Gasteiger partial charge in [-0.1, -0.05) is 26.8 Å². The Balaban J connectivity index is 2.26. The fourth-order valence-corrected chi connectivity index (χ4v) is 3.25. The van der Waals surface area contributed by atoms with Gasteiger partial charge in [0, 0.05) is 17.1 Å². The van der Waals surface area contributed by atoms with Crippen LogP contribution in [-0.4, -0.2) is 16.5 Å². The van der Waals surface area contributed by atoms with Crippen LogP contribution in [0.1, 0.15) is 43.5 Å². The summed E-state index contributed by atoms with van der Waals surface area (Å²) in [5.74, 6) is 0.621. The number of thiazole rings is 1. The number of aromatic nitrogens is 2. The van der Waals surface area contributed by atoms with E-state index < -0.39 is 0 Å². The molecule has 0 saturated carbocycles. The molecule has 4 heteroatoms. The van der Waals surface area contributed by atoms with Crippen molar-refractivity contribution in [2.24, 2.45) is 5.92 Å². The summed E-state index contributed by atoms with van der Waals surface area (Å²) in [5, 5.41) is 4.54. The number of rotatable bonds is 7. The molecule has 0 aliphatic rings. The average Bonchev–Trinajstić information content (AvgIpc) is 2.81. The second kappa shape index (κ2) is 7.66. The maximum atomic E-state index is 4.86. The molecule has 2 aromatic rings. The highest BCUT2D eigenvalue weighted by atomic mass is 32.1. The van der Waals surface area contributed by atoms with Gasteiger partial charge >= 0.3 is 0 Å². The van der Waals surface area contributed by atoms with Gasteiger partial charge in [-0.3, -0.25) is 4.98 Å². The molecule has 114 valence electrons. The van der Waals surface area contributed by atoms with Crippen LogP contribution in [0.3, 0.4) is 0 Å². The van der Waals surface area contributed by atoms with Gasteiger partial charge in [-0.2, -0.15) is 0 Å². The van der Waals surface area contributed by atoms with Crippen LogP contribution in [0.5, 0.6) is 0 Å². The van der Waals surface area contributed by atoms with Crippen molar-refractivity contribution in [2.75, 3.05) is 6.54 Å². The largest absolute Gasteiger partial charge is 0.312 e. The molecule has 0 aliphatic carbocycles. The summed E-state index contributed by atoms with van der Waals surface area (Å²) in [5.41, 5.74) is 3.27. The molecule has 2 rings (SSSR count). The van der Waals surface area contributed by atoms with Crippen LogP contribution in [0.4, 0.5) is 0 Å². The lowest BCUT2D eigenvalue weighted by molar-refractivity contribution is 0.623. The first-order valence-electron chi connectivity index (χ1n) is 7.73. The van der Waals surface area contributed by atoms with E-state index in [0.29, 0.717) is 5.92 Å². The molecule has 0 radical (unpaired) electrons. The second-order valence-electron chi connectivity index (χ2n) is 5.83. The Labute approximate surface area is 131 Å². The molecule has 0 bridgehead atoms. The van der Waals surface area contributed by atoms with Gasteiger partial charge in [-0.05, 0) is 44.4 Å². The lowest BCUT2D eigenvalue weighted by atomic mass is 10.1. The predicted molar refractivity (Wildman–Crippen MR) is 90.6 cm³/mol. The summed E-state index contributed by atoms with van der Waals surface area (Å²) < 4.78 is 0. The van der Waals surface area contributed by atoms with E-state index in [2.05, 4.69) is 37.1 Å². The molecule has 21 heavy (non-hydrogen) atoms. The van der Waals surface area contributed by atoms with Crippen LogP contribution in [-0.2, 0) is 13.0 Å². The standard InChI is InChI=1S/C17H25N3S/c1-5-9-18-11-16-15(10-12(2)3)20-17(21-16)14-8-6-7-13(4)19-14/h6-8,12,18H,5,9-11H2,1-4H3. The number of nitrogens with zero attached hydrogens (tertiary/aromatic N) is 2. The molecule has 2 heterocycles. The van der Waals surface area contributed by atoms with Crippen LogP contribution < -0.4 is 5.32 Å². The Bertz CT molecular complexity index is 575. The SMILES string of the molecule is CCCNCc1sc(-c2cccc(C)n2)nc1CC(C)C. The lowest BCUT2D eigenvalue weighted by Crippen LogP contribution is -2.14. The number of pyridine rings is 1. The molecule has 1 N–H and O–H groups in total. The lowest BCUT2D eigenvalue weighted by Gasteiger charge is -2.05. The van der Waals surface area contributed by atoms with E-state index in [1.807, 2.05) is 19.1 Å². The van der Waals surface area contributed by atoms with Crippen LogP contribution in [0.15, 0.2) is 18.2 Å². The zero-order chi connectivity index (χ0) is 15.2. The highest BCUT2D eigenvalue weighted by Gasteiger charge is 2.14. The Hall–Kier alpha value is -1.26. The fraction of sp³-hybridized carbons (Fsp3) is 0.529. The third-order valence-electron chi connectivity index (χ3n) is 3.20. The van der Waals surface area contributed by atoms with Gasteiger partial charge in [-0.25, -0.2) is 4.98 Å². The Morgan fingerprint density at radius 2 is 2.05 bits per heavy atom. The third-order valence-corrected chi connectivity index (χ3v) is 4.32. The Morgan fingerprint density at radius 1 is 1.24 bits per heavy atom. The van der Waals surface area contributed by atoms with E-state index in [9.17, 15) is 0 Å². The minimum Gasteiger partial charge on any atom is -0.312 e. The molecule has 2 aromatic heterocycles. The maximum Gasteiger partial charge on any atom is 0.142 e. The molecule has 0 unspecified atom stereocenters. The normalized spacial score (nSPS) is 11.3. The molecule has 0 aliphatic heterocycles.